The Labute approximate surface area is 106 Å². The summed E-state index contributed by atoms with van der Waals surface area (Å²) in [6, 6.07) is 0.873. The maximum absolute atomic E-state index is 3.67. The second-order valence-corrected chi connectivity index (χ2v) is 6.90. The van der Waals surface area contributed by atoms with Gasteiger partial charge in [0.1, 0.15) is 0 Å². The van der Waals surface area contributed by atoms with Crippen LogP contribution in [0.15, 0.2) is 0 Å². The lowest BCUT2D eigenvalue weighted by Crippen LogP contribution is -2.45. The third kappa shape index (κ3) is 3.45. The number of likely N-dealkylation sites (tertiary alicyclic amines) is 1. The third-order valence-electron chi connectivity index (χ3n) is 4.83. The standard InChI is InChI=1S/C15H28N2/c1-12(8-16-15-5-6-15)9-17-10-13-3-2-4-14(7-13)11-17/h12-16H,2-11H2,1H3. The molecule has 17 heavy (non-hydrogen) atoms. The predicted octanol–water partition coefficient (Wildman–Crippen LogP) is 2.50. The largest absolute Gasteiger partial charge is 0.314 e. The molecule has 2 saturated carbocycles. The van der Waals surface area contributed by atoms with Crippen LogP contribution in [0.3, 0.4) is 0 Å². The van der Waals surface area contributed by atoms with Crippen LogP contribution < -0.4 is 5.32 Å². The van der Waals surface area contributed by atoms with E-state index in [1.165, 1.54) is 64.7 Å². The van der Waals surface area contributed by atoms with Gasteiger partial charge in [0, 0.05) is 25.7 Å². The molecular weight excluding hydrogens is 208 g/mol. The average molecular weight is 236 g/mol. The number of nitrogens with zero attached hydrogens (tertiary/aromatic N) is 1. The Bertz CT molecular complexity index is 237. The van der Waals surface area contributed by atoms with Gasteiger partial charge < -0.3 is 10.2 Å². The van der Waals surface area contributed by atoms with E-state index in [0.29, 0.717) is 0 Å². The SMILES string of the molecule is CC(CNC1CC1)CN1CC2CCCC(C2)C1. The van der Waals surface area contributed by atoms with Gasteiger partial charge in [-0.05, 0) is 56.4 Å². The molecule has 3 fully saturated rings. The molecule has 1 aliphatic heterocycles. The molecule has 0 aromatic heterocycles. The van der Waals surface area contributed by atoms with E-state index < -0.39 is 0 Å². The number of hydrogen-bond acceptors (Lipinski definition) is 2. The Morgan fingerprint density at radius 2 is 1.82 bits per heavy atom. The molecular formula is C15H28N2. The van der Waals surface area contributed by atoms with Crippen molar-refractivity contribution in [3.63, 3.8) is 0 Å². The van der Waals surface area contributed by atoms with Gasteiger partial charge in [-0.3, -0.25) is 0 Å². The van der Waals surface area contributed by atoms with Gasteiger partial charge in [0.25, 0.3) is 0 Å². The molecule has 0 aromatic rings. The zero-order chi connectivity index (χ0) is 11.7. The average Bonchev–Trinajstić information content (AvgIpc) is 3.09. The molecule has 2 bridgehead atoms. The second kappa shape index (κ2) is 5.27. The molecule has 1 N–H and O–H groups in total. The summed E-state index contributed by atoms with van der Waals surface area (Å²) in [7, 11) is 0. The summed E-state index contributed by atoms with van der Waals surface area (Å²) < 4.78 is 0. The molecule has 98 valence electrons. The third-order valence-corrected chi connectivity index (χ3v) is 4.83. The Balaban J connectivity index is 1.41. The van der Waals surface area contributed by atoms with E-state index in [0.717, 1.165) is 23.8 Å². The fourth-order valence-corrected chi connectivity index (χ4v) is 3.85. The van der Waals surface area contributed by atoms with Crippen molar-refractivity contribution in [2.45, 2.75) is 51.5 Å². The van der Waals surface area contributed by atoms with E-state index in [9.17, 15) is 0 Å². The lowest BCUT2D eigenvalue weighted by molar-refractivity contribution is 0.0755. The van der Waals surface area contributed by atoms with Crippen molar-refractivity contribution in [3.05, 3.63) is 0 Å². The summed E-state index contributed by atoms with van der Waals surface area (Å²) in [5.41, 5.74) is 0. The first-order valence-electron chi connectivity index (χ1n) is 7.75. The van der Waals surface area contributed by atoms with Crippen molar-refractivity contribution < 1.29 is 0 Å². The Hall–Kier alpha value is -0.0800. The van der Waals surface area contributed by atoms with Crippen molar-refractivity contribution in [1.82, 2.24) is 10.2 Å². The summed E-state index contributed by atoms with van der Waals surface area (Å²) in [6.07, 6.45) is 8.87. The molecule has 2 heteroatoms. The second-order valence-electron chi connectivity index (χ2n) is 6.90. The highest BCUT2D eigenvalue weighted by atomic mass is 15.1. The first-order valence-corrected chi connectivity index (χ1v) is 7.75. The molecule has 0 aromatic carbocycles. The number of rotatable bonds is 5. The van der Waals surface area contributed by atoms with E-state index in [4.69, 9.17) is 0 Å². The molecule has 3 unspecified atom stereocenters. The highest BCUT2D eigenvalue weighted by molar-refractivity contribution is 4.85. The van der Waals surface area contributed by atoms with E-state index >= 15 is 0 Å². The van der Waals surface area contributed by atoms with Crippen LogP contribution in [-0.2, 0) is 0 Å². The Kier molecular flexibility index (Phi) is 3.72. The molecule has 0 amide bonds. The highest BCUT2D eigenvalue weighted by Gasteiger charge is 2.30. The van der Waals surface area contributed by atoms with Crippen LogP contribution in [0.25, 0.3) is 0 Å². The minimum absolute atomic E-state index is 0.828. The fourth-order valence-electron chi connectivity index (χ4n) is 3.85. The molecule has 2 nitrogen and oxygen atoms in total. The summed E-state index contributed by atoms with van der Waals surface area (Å²) in [4.78, 5) is 2.76. The van der Waals surface area contributed by atoms with Crippen molar-refractivity contribution in [2.75, 3.05) is 26.2 Å². The molecule has 0 spiro atoms. The van der Waals surface area contributed by atoms with Crippen molar-refractivity contribution in [1.29, 1.82) is 0 Å². The van der Waals surface area contributed by atoms with Crippen LogP contribution >= 0.6 is 0 Å². The molecule has 3 rings (SSSR count). The molecule has 1 saturated heterocycles. The van der Waals surface area contributed by atoms with Gasteiger partial charge in [-0.2, -0.15) is 0 Å². The van der Waals surface area contributed by atoms with Gasteiger partial charge >= 0.3 is 0 Å². The van der Waals surface area contributed by atoms with E-state index in [1.807, 2.05) is 0 Å². The van der Waals surface area contributed by atoms with Crippen LogP contribution in [0.2, 0.25) is 0 Å². The molecule has 2 aliphatic carbocycles. The molecule has 3 aliphatic rings. The lowest BCUT2D eigenvalue weighted by Gasteiger charge is -2.42. The quantitative estimate of drug-likeness (QED) is 0.789. The van der Waals surface area contributed by atoms with Gasteiger partial charge in [0.2, 0.25) is 0 Å². The zero-order valence-electron chi connectivity index (χ0n) is 11.3. The predicted molar refractivity (Wildman–Crippen MR) is 72.1 cm³/mol. The fraction of sp³-hybridized carbons (Fsp3) is 1.00. The van der Waals surface area contributed by atoms with E-state index in [-0.39, 0.29) is 0 Å². The maximum atomic E-state index is 3.67. The van der Waals surface area contributed by atoms with Crippen LogP contribution in [-0.4, -0.2) is 37.1 Å². The summed E-state index contributed by atoms with van der Waals surface area (Å²) >= 11 is 0. The molecule has 3 atom stereocenters. The van der Waals surface area contributed by atoms with E-state index in [2.05, 4.69) is 17.1 Å². The van der Waals surface area contributed by atoms with Gasteiger partial charge in [-0.15, -0.1) is 0 Å². The number of piperidine rings is 1. The smallest absolute Gasteiger partial charge is 0.00683 e. The lowest BCUT2D eigenvalue weighted by atomic mass is 9.78. The minimum atomic E-state index is 0.828. The van der Waals surface area contributed by atoms with Crippen LogP contribution in [0.4, 0.5) is 0 Å². The number of nitrogens with one attached hydrogen (secondary N) is 1. The van der Waals surface area contributed by atoms with Crippen molar-refractivity contribution >= 4 is 0 Å². The summed E-state index contributed by atoms with van der Waals surface area (Å²) in [5, 5.41) is 3.67. The van der Waals surface area contributed by atoms with Gasteiger partial charge in [0.05, 0.1) is 0 Å². The van der Waals surface area contributed by atoms with Crippen LogP contribution in [0, 0.1) is 17.8 Å². The maximum Gasteiger partial charge on any atom is 0.00683 e. The first kappa shape index (κ1) is 12.0. The summed E-state index contributed by atoms with van der Waals surface area (Å²) in [6.45, 7) is 7.76. The van der Waals surface area contributed by atoms with Crippen molar-refractivity contribution in [3.8, 4) is 0 Å². The molecule has 0 radical (unpaired) electrons. The van der Waals surface area contributed by atoms with Gasteiger partial charge in [-0.1, -0.05) is 13.3 Å². The van der Waals surface area contributed by atoms with Crippen LogP contribution in [0.1, 0.15) is 45.4 Å². The minimum Gasteiger partial charge on any atom is -0.314 e. The van der Waals surface area contributed by atoms with Gasteiger partial charge in [-0.25, -0.2) is 0 Å². The normalized spacial score (nSPS) is 35.8. The zero-order valence-corrected chi connectivity index (χ0v) is 11.3. The Morgan fingerprint density at radius 1 is 1.12 bits per heavy atom. The number of fused-ring (bicyclic) bond motifs is 2. The first-order chi connectivity index (χ1) is 8.29. The van der Waals surface area contributed by atoms with Crippen molar-refractivity contribution in [2.24, 2.45) is 17.8 Å². The molecule has 1 heterocycles. The number of hydrogen-bond donors (Lipinski definition) is 1. The Morgan fingerprint density at radius 3 is 2.47 bits per heavy atom. The van der Waals surface area contributed by atoms with Crippen LogP contribution in [0.5, 0.6) is 0 Å². The van der Waals surface area contributed by atoms with Gasteiger partial charge in [0.15, 0.2) is 0 Å². The monoisotopic (exact) mass is 236 g/mol. The van der Waals surface area contributed by atoms with E-state index in [1.54, 1.807) is 0 Å². The summed E-state index contributed by atoms with van der Waals surface area (Å²) in [5.74, 6) is 2.90. The topological polar surface area (TPSA) is 15.3 Å². The highest BCUT2D eigenvalue weighted by Crippen LogP contribution is 2.34.